The normalized spacial score (nSPS) is 11.8. The van der Waals surface area contributed by atoms with Gasteiger partial charge in [-0.1, -0.05) is 45.0 Å². The Bertz CT molecular complexity index is 304. The van der Waals surface area contributed by atoms with E-state index in [4.69, 9.17) is 0 Å². The van der Waals surface area contributed by atoms with Gasteiger partial charge in [-0.15, -0.1) is 0 Å². The standard InChI is InChI=1S/C12H18F2Si/c1-4-15(5-2,6-3)12-10(13)8-7-9-11(12)14/h7-9H,4-6H2,1-3H3. The zero-order valence-corrected chi connectivity index (χ0v) is 10.6. The lowest BCUT2D eigenvalue weighted by atomic mass is 10.3. The van der Waals surface area contributed by atoms with Gasteiger partial charge in [0, 0.05) is 5.19 Å². The summed E-state index contributed by atoms with van der Waals surface area (Å²) < 4.78 is 27.4. The van der Waals surface area contributed by atoms with Crippen LogP contribution in [0.15, 0.2) is 18.2 Å². The minimum Gasteiger partial charge on any atom is -0.207 e. The summed E-state index contributed by atoms with van der Waals surface area (Å²) in [6.45, 7) is 6.14. The van der Waals surface area contributed by atoms with E-state index in [1.807, 2.05) is 20.8 Å². The fourth-order valence-corrected chi connectivity index (χ4v) is 6.03. The molecule has 0 amide bonds. The molecule has 1 aromatic carbocycles. The Hall–Kier alpha value is -0.703. The molecule has 0 N–H and O–H groups in total. The SMILES string of the molecule is CC[Si](CC)(CC)c1c(F)cccc1F. The summed E-state index contributed by atoms with van der Waals surface area (Å²) in [4.78, 5) is 0. The van der Waals surface area contributed by atoms with Gasteiger partial charge in [-0.2, -0.15) is 0 Å². The molecule has 0 bridgehead atoms. The first kappa shape index (κ1) is 12.4. The summed E-state index contributed by atoms with van der Waals surface area (Å²) >= 11 is 0. The third-order valence-electron chi connectivity index (χ3n) is 3.52. The number of halogens is 2. The molecule has 0 unspecified atom stereocenters. The Morgan fingerprint density at radius 3 is 1.67 bits per heavy atom. The summed E-state index contributed by atoms with van der Waals surface area (Å²) in [5.74, 6) is -0.709. The van der Waals surface area contributed by atoms with Gasteiger partial charge >= 0.3 is 0 Å². The lowest BCUT2D eigenvalue weighted by Crippen LogP contribution is -2.49. The lowest BCUT2D eigenvalue weighted by Gasteiger charge is -2.29. The molecule has 0 aliphatic heterocycles. The minimum absolute atomic E-state index is 0.354. The average molecular weight is 228 g/mol. The quantitative estimate of drug-likeness (QED) is 0.690. The van der Waals surface area contributed by atoms with Crippen LogP contribution in [0.25, 0.3) is 0 Å². The second-order valence-electron chi connectivity index (χ2n) is 3.94. The molecule has 3 heteroatoms. The van der Waals surface area contributed by atoms with Gasteiger partial charge in [-0.3, -0.25) is 0 Å². The summed E-state index contributed by atoms with van der Waals surface area (Å²) in [6.07, 6.45) is 0. The van der Waals surface area contributed by atoms with Crippen molar-refractivity contribution in [3.05, 3.63) is 29.8 Å². The van der Waals surface area contributed by atoms with Crippen LogP contribution in [-0.2, 0) is 0 Å². The molecule has 0 aliphatic carbocycles. The van der Waals surface area contributed by atoms with Crippen LogP contribution < -0.4 is 5.19 Å². The highest BCUT2D eigenvalue weighted by Crippen LogP contribution is 2.22. The maximum atomic E-state index is 13.7. The first-order valence-electron chi connectivity index (χ1n) is 5.55. The van der Waals surface area contributed by atoms with Crippen molar-refractivity contribution in [3.8, 4) is 0 Å². The second kappa shape index (κ2) is 4.88. The Labute approximate surface area is 91.3 Å². The van der Waals surface area contributed by atoms with Crippen molar-refractivity contribution in [2.24, 2.45) is 0 Å². The summed E-state index contributed by atoms with van der Waals surface area (Å²) in [5, 5.41) is 0.400. The highest BCUT2D eigenvalue weighted by molar-refractivity contribution is 6.91. The first-order chi connectivity index (χ1) is 7.11. The lowest BCUT2D eigenvalue weighted by molar-refractivity contribution is 0.595. The topological polar surface area (TPSA) is 0 Å². The average Bonchev–Trinajstić information content (AvgIpc) is 2.24. The van der Waals surface area contributed by atoms with Gasteiger partial charge in [0.25, 0.3) is 0 Å². The molecule has 0 atom stereocenters. The Morgan fingerprint density at radius 1 is 0.933 bits per heavy atom. The Morgan fingerprint density at radius 2 is 1.33 bits per heavy atom. The molecule has 0 aliphatic rings. The maximum absolute atomic E-state index is 13.7. The largest absolute Gasteiger partial charge is 0.207 e. The zero-order valence-electron chi connectivity index (χ0n) is 9.61. The van der Waals surface area contributed by atoms with Crippen LogP contribution in [0.3, 0.4) is 0 Å². The highest BCUT2D eigenvalue weighted by atomic mass is 28.3. The third kappa shape index (κ3) is 2.12. The monoisotopic (exact) mass is 228 g/mol. The van der Waals surface area contributed by atoms with Crippen LogP contribution in [0.2, 0.25) is 18.1 Å². The summed E-state index contributed by atoms with van der Waals surface area (Å²) in [5.41, 5.74) is 0. The molecule has 0 nitrogen and oxygen atoms in total. The van der Waals surface area contributed by atoms with Crippen molar-refractivity contribution in [3.63, 3.8) is 0 Å². The molecule has 0 heterocycles. The number of hydrogen-bond acceptors (Lipinski definition) is 0. The summed E-state index contributed by atoms with van der Waals surface area (Å²) in [7, 11) is -1.93. The molecular weight excluding hydrogens is 210 g/mol. The minimum atomic E-state index is -1.93. The smallest absolute Gasteiger partial charge is 0.125 e. The van der Waals surface area contributed by atoms with Crippen molar-refractivity contribution in [1.29, 1.82) is 0 Å². The predicted octanol–water partition coefficient (Wildman–Crippen LogP) is 3.68. The van der Waals surface area contributed by atoms with E-state index in [1.54, 1.807) is 0 Å². The van der Waals surface area contributed by atoms with Crippen molar-refractivity contribution < 1.29 is 8.78 Å². The molecule has 84 valence electrons. The van der Waals surface area contributed by atoms with Crippen LogP contribution >= 0.6 is 0 Å². The molecule has 0 aromatic heterocycles. The predicted molar refractivity (Wildman–Crippen MR) is 63.2 cm³/mol. The molecule has 0 saturated heterocycles. The van der Waals surface area contributed by atoms with Gasteiger partial charge in [0.1, 0.15) is 11.6 Å². The van der Waals surface area contributed by atoms with Crippen LogP contribution in [0, 0.1) is 11.6 Å². The van der Waals surface area contributed by atoms with E-state index < -0.39 is 8.07 Å². The Kier molecular flexibility index (Phi) is 4.02. The van der Waals surface area contributed by atoms with Gasteiger partial charge in [0.05, 0.1) is 8.07 Å². The number of hydrogen-bond donors (Lipinski definition) is 0. The number of rotatable bonds is 4. The molecule has 1 rings (SSSR count). The van der Waals surface area contributed by atoms with Gasteiger partial charge in [0.15, 0.2) is 0 Å². The van der Waals surface area contributed by atoms with Gasteiger partial charge in [-0.05, 0) is 12.1 Å². The fourth-order valence-electron chi connectivity index (χ4n) is 2.28. The molecule has 0 radical (unpaired) electrons. The van der Waals surface area contributed by atoms with Crippen LogP contribution in [0.4, 0.5) is 8.78 Å². The second-order valence-corrected chi connectivity index (χ2v) is 9.12. The van der Waals surface area contributed by atoms with Crippen molar-refractivity contribution >= 4 is 13.3 Å². The van der Waals surface area contributed by atoms with E-state index >= 15 is 0 Å². The number of benzene rings is 1. The fraction of sp³-hybridized carbons (Fsp3) is 0.500. The van der Waals surface area contributed by atoms with E-state index in [-0.39, 0.29) is 11.6 Å². The summed E-state index contributed by atoms with van der Waals surface area (Å²) in [6, 6.07) is 6.89. The zero-order chi connectivity index (χ0) is 11.5. The first-order valence-corrected chi connectivity index (χ1v) is 8.18. The Balaban J connectivity index is 3.34. The van der Waals surface area contributed by atoms with E-state index in [0.29, 0.717) is 5.19 Å². The van der Waals surface area contributed by atoms with Gasteiger partial charge < -0.3 is 0 Å². The van der Waals surface area contributed by atoms with Crippen molar-refractivity contribution in [1.82, 2.24) is 0 Å². The van der Waals surface area contributed by atoms with Gasteiger partial charge in [0.2, 0.25) is 0 Å². The van der Waals surface area contributed by atoms with Crippen molar-refractivity contribution in [2.45, 2.75) is 38.9 Å². The maximum Gasteiger partial charge on any atom is 0.125 e. The van der Waals surface area contributed by atoms with E-state index in [0.717, 1.165) is 18.1 Å². The van der Waals surface area contributed by atoms with Crippen LogP contribution in [0.5, 0.6) is 0 Å². The van der Waals surface area contributed by atoms with Crippen molar-refractivity contribution in [2.75, 3.05) is 0 Å². The molecule has 1 aromatic rings. The van der Waals surface area contributed by atoms with E-state index in [1.165, 1.54) is 18.2 Å². The molecule has 0 saturated carbocycles. The van der Waals surface area contributed by atoms with E-state index in [2.05, 4.69) is 0 Å². The third-order valence-corrected chi connectivity index (χ3v) is 9.12. The van der Waals surface area contributed by atoms with Crippen LogP contribution in [0.1, 0.15) is 20.8 Å². The highest BCUT2D eigenvalue weighted by Gasteiger charge is 2.34. The molecular formula is C12H18F2Si. The molecule has 0 spiro atoms. The van der Waals surface area contributed by atoms with Gasteiger partial charge in [-0.25, -0.2) is 8.78 Å². The van der Waals surface area contributed by atoms with E-state index in [9.17, 15) is 8.78 Å². The van der Waals surface area contributed by atoms with Crippen LogP contribution in [-0.4, -0.2) is 8.07 Å². The molecule has 0 fully saturated rings. The molecule has 15 heavy (non-hydrogen) atoms.